The number of hydrogen-bond donors (Lipinski definition) is 3. The SMILES string of the molecule is CCC(CC)(CN)C(=O)Nc1cccc(CO)c1. The van der Waals surface area contributed by atoms with Crippen molar-refractivity contribution in [1.82, 2.24) is 0 Å². The van der Waals surface area contributed by atoms with Crippen LogP contribution in [0.2, 0.25) is 0 Å². The first-order chi connectivity index (χ1) is 8.61. The van der Waals surface area contributed by atoms with Crippen LogP contribution >= 0.6 is 0 Å². The zero-order chi connectivity index (χ0) is 13.6. The van der Waals surface area contributed by atoms with Crippen molar-refractivity contribution in [2.45, 2.75) is 33.3 Å². The van der Waals surface area contributed by atoms with Crippen molar-refractivity contribution in [3.05, 3.63) is 29.8 Å². The van der Waals surface area contributed by atoms with Crippen molar-refractivity contribution in [1.29, 1.82) is 0 Å². The second-order valence-electron chi connectivity index (χ2n) is 4.50. The van der Waals surface area contributed by atoms with Crippen molar-refractivity contribution < 1.29 is 9.90 Å². The summed E-state index contributed by atoms with van der Waals surface area (Å²) in [6, 6.07) is 7.20. The molecule has 0 atom stereocenters. The van der Waals surface area contributed by atoms with Gasteiger partial charge in [0.2, 0.25) is 5.91 Å². The fraction of sp³-hybridized carbons (Fsp3) is 0.500. The number of carbonyl (C=O) groups is 1. The molecule has 0 saturated carbocycles. The molecular weight excluding hydrogens is 228 g/mol. The number of carbonyl (C=O) groups excluding carboxylic acids is 1. The molecule has 0 aliphatic heterocycles. The number of nitrogens with one attached hydrogen (secondary N) is 1. The second kappa shape index (κ2) is 6.52. The number of amides is 1. The van der Waals surface area contributed by atoms with Crippen LogP contribution in [0.1, 0.15) is 32.3 Å². The van der Waals surface area contributed by atoms with Crippen LogP contribution in [-0.4, -0.2) is 17.6 Å². The number of aliphatic hydroxyl groups excluding tert-OH is 1. The molecular formula is C14H22N2O2. The van der Waals surface area contributed by atoms with Crippen LogP contribution in [0.15, 0.2) is 24.3 Å². The summed E-state index contributed by atoms with van der Waals surface area (Å²) in [6.07, 6.45) is 1.43. The molecule has 100 valence electrons. The highest BCUT2D eigenvalue weighted by Gasteiger charge is 2.33. The molecule has 4 heteroatoms. The lowest BCUT2D eigenvalue weighted by molar-refractivity contribution is -0.125. The third-order valence-electron chi connectivity index (χ3n) is 3.59. The Morgan fingerprint density at radius 2 is 2.06 bits per heavy atom. The second-order valence-corrected chi connectivity index (χ2v) is 4.50. The molecule has 4 nitrogen and oxygen atoms in total. The molecule has 1 aromatic carbocycles. The molecule has 4 N–H and O–H groups in total. The summed E-state index contributed by atoms with van der Waals surface area (Å²) in [5.74, 6) is -0.0508. The molecule has 1 amide bonds. The first-order valence-electron chi connectivity index (χ1n) is 6.33. The van der Waals surface area contributed by atoms with Gasteiger partial charge in [0.05, 0.1) is 12.0 Å². The van der Waals surface area contributed by atoms with Crippen molar-refractivity contribution in [3.63, 3.8) is 0 Å². The fourth-order valence-corrected chi connectivity index (χ4v) is 1.96. The van der Waals surface area contributed by atoms with Crippen molar-refractivity contribution in [2.24, 2.45) is 11.1 Å². The van der Waals surface area contributed by atoms with Crippen LogP contribution in [0.25, 0.3) is 0 Å². The first kappa shape index (κ1) is 14.7. The number of anilines is 1. The third kappa shape index (κ3) is 3.09. The average Bonchev–Trinajstić information content (AvgIpc) is 2.41. The Morgan fingerprint density at radius 3 is 2.56 bits per heavy atom. The van der Waals surface area contributed by atoms with Crippen molar-refractivity contribution in [2.75, 3.05) is 11.9 Å². The maximum Gasteiger partial charge on any atom is 0.231 e. The largest absolute Gasteiger partial charge is 0.392 e. The zero-order valence-electron chi connectivity index (χ0n) is 11.1. The summed E-state index contributed by atoms with van der Waals surface area (Å²) in [5, 5.41) is 11.9. The molecule has 18 heavy (non-hydrogen) atoms. The molecule has 0 radical (unpaired) electrons. The van der Waals surface area contributed by atoms with E-state index in [1.165, 1.54) is 0 Å². The molecule has 0 aliphatic rings. The Hall–Kier alpha value is -1.39. The predicted molar refractivity (Wildman–Crippen MR) is 73.1 cm³/mol. The van der Waals surface area contributed by atoms with E-state index < -0.39 is 5.41 Å². The quantitative estimate of drug-likeness (QED) is 0.721. The molecule has 0 unspecified atom stereocenters. The maximum absolute atomic E-state index is 12.3. The summed E-state index contributed by atoms with van der Waals surface area (Å²) < 4.78 is 0. The van der Waals surface area contributed by atoms with Gasteiger partial charge in [-0.3, -0.25) is 4.79 Å². The van der Waals surface area contributed by atoms with E-state index >= 15 is 0 Å². The van der Waals surface area contributed by atoms with E-state index in [1.807, 2.05) is 32.0 Å². The minimum absolute atomic E-state index is 0.0344. The summed E-state index contributed by atoms with van der Waals surface area (Å²) in [5.41, 5.74) is 6.71. The van der Waals surface area contributed by atoms with Gasteiger partial charge in [-0.2, -0.15) is 0 Å². The number of nitrogens with two attached hydrogens (primary N) is 1. The first-order valence-corrected chi connectivity index (χ1v) is 6.33. The van der Waals surface area contributed by atoms with Gasteiger partial charge in [0.15, 0.2) is 0 Å². The highest BCUT2D eigenvalue weighted by molar-refractivity contribution is 5.95. The molecule has 0 bridgehead atoms. The van der Waals surface area contributed by atoms with Gasteiger partial charge in [-0.1, -0.05) is 26.0 Å². The van der Waals surface area contributed by atoms with Crippen molar-refractivity contribution in [3.8, 4) is 0 Å². The number of rotatable bonds is 6. The van der Waals surface area contributed by atoms with Crippen LogP contribution < -0.4 is 11.1 Å². The predicted octanol–water partition coefficient (Wildman–Crippen LogP) is 1.88. The van der Waals surface area contributed by atoms with Crippen LogP contribution in [0.3, 0.4) is 0 Å². The van der Waals surface area contributed by atoms with E-state index in [4.69, 9.17) is 10.8 Å². The Labute approximate surface area is 108 Å². The van der Waals surface area contributed by atoms with Crippen LogP contribution in [0, 0.1) is 5.41 Å². The smallest absolute Gasteiger partial charge is 0.231 e. The fourth-order valence-electron chi connectivity index (χ4n) is 1.96. The molecule has 0 aliphatic carbocycles. The summed E-state index contributed by atoms with van der Waals surface area (Å²) in [7, 11) is 0. The van der Waals surface area contributed by atoms with E-state index in [9.17, 15) is 4.79 Å². The molecule has 1 aromatic rings. The van der Waals surface area contributed by atoms with Gasteiger partial charge >= 0.3 is 0 Å². The van der Waals surface area contributed by atoms with Crippen LogP contribution in [0.4, 0.5) is 5.69 Å². The third-order valence-corrected chi connectivity index (χ3v) is 3.59. The van der Waals surface area contributed by atoms with Crippen LogP contribution in [-0.2, 0) is 11.4 Å². The van der Waals surface area contributed by atoms with E-state index in [0.29, 0.717) is 25.1 Å². The molecule has 0 saturated heterocycles. The summed E-state index contributed by atoms with van der Waals surface area (Å²) in [6.45, 7) is 4.25. The lowest BCUT2D eigenvalue weighted by Crippen LogP contribution is -2.41. The molecule has 0 heterocycles. The van der Waals surface area contributed by atoms with Gasteiger partial charge in [-0.05, 0) is 30.5 Å². The highest BCUT2D eigenvalue weighted by atomic mass is 16.3. The van der Waals surface area contributed by atoms with Crippen molar-refractivity contribution >= 4 is 11.6 Å². The molecule has 1 rings (SSSR count). The van der Waals surface area contributed by atoms with E-state index in [2.05, 4.69) is 5.32 Å². The van der Waals surface area contributed by atoms with Gasteiger partial charge in [-0.25, -0.2) is 0 Å². The average molecular weight is 250 g/mol. The van der Waals surface area contributed by atoms with Gasteiger partial charge in [0.25, 0.3) is 0 Å². The maximum atomic E-state index is 12.3. The Kier molecular flexibility index (Phi) is 5.31. The van der Waals surface area contributed by atoms with Gasteiger partial charge < -0.3 is 16.2 Å². The molecule has 0 aromatic heterocycles. The molecule has 0 spiro atoms. The monoisotopic (exact) mass is 250 g/mol. The van der Waals surface area contributed by atoms with E-state index in [0.717, 1.165) is 5.56 Å². The van der Waals surface area contributed by atoms with E-state index in [1.54, 1.807) is 6.07 Å². The van der Waals surface area contributed by atoms with E-state index in [-0.39, 0.29) is 12.5 Å². The number of hydrogen-bond acceptors (Lipinski definition) is 3. The Morgan fingerprint density at radius 1 is 1.39 bits per heavy atom. The normalized spacial score (nSPS) is 11.3. The topological polar surface area (TPSA) is 75.4 Å². The summed E-state index contributed by atoms with van der Waals surface area (Å²) >= 11 is 0. The standard InChI is InChI=1S/C14H22N2O2/c1-3-14(4-2,10-15)13(18)16-12-7-5-6-11(8-12)9-17/h5-8,17H,3-4,9-10,15H2,1-2H3,(H,16,18). The minimum Gasteiger partial charge on any atom is -0.392 e. The number of aliphatic hydroxyl groups is 1. The lowest BCUT2D eigenvalue weighted by Gasteiger charge is -2.28. The number of benzene rings is 1. The van der Waals surface area contributed by atoms with Crippen LogP contribution in [0.5, 0.6) is 0 Å². The van der Waals surface area contributed by atoms with Gasteiger partial charge in [0, 0.05) is 12.2 Å². The lowest BCUT2D eigenvalue weighted by atomic mass is 9.81. The minimum atomic E-state index is -0.505. The highest BCUT2D eigenvalue weighted by Crippen LogP contribution is 2.27. The Balaban J connectivity index is 2.85. The van der Waals surface area contributed by atoms with Gasteiger partial charge in [-0.15, -0.1) is 0 Å². The van der Waals surface area contributed by atoms with Gasteiger partial charge in [0.1, 0.15) is 0 Å². The Bertz CT molecular complexity index is 392. The molecule has 0 fully saturated rings. The zero-order valence-corrected chi connectivity index (χ0v) is 11.1. The summed E-state index contributed by atoms with van der Waals surface area (Å²) in [4.78, 5) is 12.3.